The third-order valence-corrected chi connectivity index (χ3v) is 14.1. The predicted molar refractivity (Wildman–Crippen MR) is 236 cm³/mol. The number of rotatable bonds is 11. The maximum Gasteiger partial charge on any atom is 0.297 e. The average Bonchev–Trinajstić information content (AvgIpc) is 3.66. The number of hydrogen-bond donors (Lipinski definition) is 2. The zero-order chi connectivity index (χ0) is 42.7. The molecule has 4 aliphatic carbocycles. The fraction of sp³-hybridized carbons (Fsp3) is 0.720. The van der Waals surface area contributed by atoms with Crippen LogP contribution in [0.4, 0.5) is 0 Å². The van der Waals surface area contributed by atoms with Crippen molar-refractivity contribution in [3.05, 3.63) is 53.1 Å². The van der Waals surface area contributed by atoms with Crippen molar-refractivity contribution in [1.29, 1.82) is 0 Å². The number of hydrogen-bond acceptors (Lipinski definition) is 6. The molecule has 0 aliphatic heterocycles. The zero-order valence-corrected chi connectivity index (χ0v) is 38.6. The van der Waals surface area contributed by atoms with Crippen LogP contribution in [0.1, 0.15) is 146 Å². The first-order chi connectivity index (χ1) is 26.5. The lowest BCUT2D eigenvalue weighted by atomic mass is 9.60. The van der Waals surface area contributed by atoms with Crippen molar-refractivity contribution in [3.8, 4) is 23.7 Å². The van der Waals surface area contributed by atoms with Gasteiger partial charge in [0, 0.05) is 24.0 Å². The Labute approximate surface area is 349 Å². The van der Waals surface area contributed by atoms with E-state index in [2.05, 4.69) is 91.2 Å². The highest BCUT2D eigenvalue weighted by Crippen LogP contribution is 2.57. The molecular weight excluding hydrogens is 729 g/mol. The summed E-state index contributed by atoms with van der Waals surface area (Å²) in [7, 11) is -3.70. The Morgan fingerprint density at radius 2 is 1.32 bits per heavy atom. The number of allylic oxidation sites excluding steroid dienone is 4. The molecule has 0 amide bonds. The van der Waals surface area contributed by atoms with Crippen LogP contribution in [-0.2, 0) is 19.0 Å². The molecule has 1 aromatic carbocycles. The van der Waals surface area contributed by atoms with Gasteiger partial charge in [0.15, 0.2) is 0 Å². The molecule has 2 N–H and O–H groups in total. The van der Waals surface area contributed by atoms with Crippen molar-refractivity contribution in [2.75, 3.05) is 26.4 Å². The Morgan fingerprint density at radius 1 is 0.807 bits per heavy atom. The topological polar surface area (TPSA) is 93.1 Å². The van der Waals surface area contributed by atoms with Crippen molar-refractivity contribution in [2.24, 2.45) is 51.2 Å². The van der Waals surface area contributed by atoms with Gasteiger partial charge in [-0.15, -0.1) is 0 Å². The van der Waals surface area contributed by atoms with Crippen molar-refractivity contribution in [1.82, 2.24) is 0 Å². The molecule has 4 aliphatic rings. The quantitative estimate of drug-likeness (QED) is 0.100. The van der Waals surface area contributed by atoms with Crippen LogP contribution >= 0.6 is 0 Å². The van der Waals surface area contributed by atoms with Gasteiger partial charge in [0.05, 0.1) is 11.0 Å². The lowest BCUT2D eigenvalue weighted by Crippen LogP contribution is -2.39. The highest BCUT2D eigenvalue weighted by atomic mass is 32.2. The monoisotopic (exact) mass is 807 g/mol. The first-order valence-electron chi connectivity index (χ1n) is 21.8. The molecule has 0 radical (unpaired) electrons. The fourth-order valence-corrected chi connectivity index (χ4v) is 10.6. The summed E-state index contributed by atoms with van der Waals surface area (Å²) in [6, 6.07) is 6.53. The molecule has 7 heteroatoms. The maximum absolute atomic E-state index is 11.8. The first-order valence-corrected chi connectivity index (χ1v) is 23.2. The van der Waals surface area contributed by atoms with Crippen LogP contribution in [0.2, 0.25) is 0 Å². The van der Waals surface area contributed by atoms with E-state index >= 15 is 0 Å². The van der Waals surface area contributed by atoms with E-state index in [0.717, 1.165) is 56.1 Å². The summed E-state index contributed by atoms with van der Waals surface area (Å²) in [5.74, 6) is 15.2. The number of ether oxygens (including phenoxy) is 1. The summed E-state index contributed by atoms with van der Waals surface area (Å²) in [5.41, 5.74) is 4.77. The van der Waals surface area contributed by atoms with Crippen LogP contribution in [0.5, 0.6) is 0 Å². The Bertz CT molecular complexity index is 1720. The molecule has 6 nitrogen and oxygen atoms in total. The van der Waals surface area contributed by atoms with Gasteiger partial charge in [0.2, 0.25) is 0 Å². The second kappa shape index (κ2) is 21.2. The second-order valence-corrected chi connectivity index (χ2v) is 21.6. The van der Waals surface area contributed by atoms with Gasteiger partial charge in [0.25, 0.3) is 10.1 Å². The summed E-state index contributed by atoms with van der Waals surface area (Å²) in [4.78, 5) is 0.158. The molecule has 0 aromatic heterocycles. The van der Waals surface area contributed by atoms with Gasteiger partial charge >= 0.3 is 0 Å². The van der Waals surface area contributed by atoms with E-state index in [-0.39, 0.29) is 33.9 Å². The minimum atomic E-state index is -3.70. The van der Waals surface area contributed by atoms with Crippen LogP contribution in [-0.4, -0.2) is 51.2 Å². The third-order valence-electron chi connectivity index (χ3n) is 12.9. The second-order valence-electron chi connectivity index (χ2n) is 20.0. The van der Waals surface area contributed by atoms with Crippen LogP contribution in [0, 0.1) is 81.9 Å². The van der Waals surface area contributed by atoms with Gasteiger partial charge in [-0.2, -0.15) is 8.42 Å². The predicted octanol–water partition coefficient (Wildman–Crippen LogP) is 11.1. The Kier molecular flexibility index (Phi) is 18.2. The number of aliphatic hydroxyl groups is 2. The minimum absolute atomic E-state index is 0.0523. The normalized spacial score (nSPS) is 27.9. The fourth-order valence-electron chi connectivity index (χ4n) is 9.79. The lowest BCUT2D eigenvalue weighted by Gasteiger charge is -2.44. The summed E-state index contributed by atoms with van der Waals surface area (Å²) in [6.07, 6.45) is 16.6. The van der Waals surface area contributed by atoms with Crippen LogP contribution in [0.25, 0.3) is 0 Å². The van der Waals surface area contributed by atoms with Gasteiger partial charge in [-0.1, -0.05) is 112 Å². The molecule has 1 aromatic rings. The minimum Gasteiger partial charge on any atom is -0.396 e. The summed E-state index contributed by atoms with van der Waals surface area (Å²) < 4.78 is 34.1. The molecule has 0 unspecified atom stereocenters. The van der Waals surface area contributed by atoms with E-state index in [1.807, 2.05) is 27.7 Å². The van der Waals surface area contributed by atoms with Gasteiger partial charge in [-0.3, -0.25) is 4.18 Å². The Hall–Kier alpha value is -2.39. The molecule has 2 fully saturated rings. The molecule has 0 spiro atoms. The lowest BCUT2D eigenvalue weighted by molar-refractivity contribution is 0.00717. The molecule has 5 rings (SSSR count). The van der Waals surface area contributed by atoms with Gasteiger partial charge in [-0.05, 0) is 152 Å². The number of benzene rings is 1. The molecule has 57 heavy (non-hydrogen) atoms. The molecule has 320 valence electrons. The van der Waals surface area contributed by atoms with Crippen molar-refractivity contribution in [3.63, 3.8) is 0 Å². The molecule has 8 atom stereocenters. The molecular formula is C50H78O6S. The third kappa shape index (κ3) is 14.4. The van der Waals surface area contributed by atoms with Crippen LogP contribution in [0.15, 0.2) is 52.5 Å². The van der Waals surface area contributed by atoms with Crippen LogP contribution < -0.4 is 0 Å². The standard InChI is InChI=1S/C21H34O2.C15H26O.C14H18O3S/c1-16(11-15-23-14-7-12-20(2,3)4)17-9-10-18-19(22)8-6-13-21(17,18)5;1-11-5-4-9-15(3)13(11)6-7-14(15)12(2)8-10-16;1-12-6-8-13(9-7-12)18(15,16)17-11-5-10-14(2,3)4/h9,16,18-19,22H,6,8,10-11,13-15H2,1-5H3;7,11-13,16H,4-6,8-10H2,1-3H3;6-9H,11H2,1-4H3/t16-,18+,19+,21-;11-,12+,13-,15-;/m10./s1. The maximum atomic E-state index is 11.8. The molecule has 0 bridgehead atoms. The zero-order valence-electron chi connectivity index (χ0n) is 37.8. The first kappa shape index (κ1) is 49.0. The molecule has 2 saturated carbocycles. The SMILES string of the molecule is C[C@H](CCO)C1=CC[C@H]2[C@@H](C)CCC[C@]12C.C[C@H](CCOCC#CC(C)(C)C)C1=CC[C@H]2[C@@H](O)CCC[C@]12C.Cc1ccc(S(=O)(=O)OCC#CC(C)(C)C)cc1. The smallest absolute Gasteiger partial charge is 0.297 e. The summed E-state index contributed by atoms with van der Waals surface area (Å²) in [5, 5.41) is 19.4. The van der Waals surface area contributed by atoms with E-state index in [1.54, 1.807) is 23.3 Å². The van der Waals surface area contributed by atoms with E-state index in [4.69, 9.17) is 14.0 Å². The number of aliphatic hydroxyl groups excluding tert-OH is 2. The molecule has 0 saturated heterocycles. The summed E-state index contributed by atoms with van der Waals surface area (Å²) >= 11 is 0. The van der Waals surface area contributed by atoms with Crippen molar-refractivity contribution < 1.29 is 27.6 Å². The average molecular weight is 807 g/mol. The molecule has 0 heterocycles. The summed E-state index contributed by atoms with van der Waals surface area (Å²) in [6.45, 7) is 27.5. The van der Waals surface area contributed by atoms with Crippen molar-refractivity contribution in [2.45, 2.75) is 158 Å². The van der Waals surface area contributed by atoms with Crippen LogP contribution in [0.3, 0.4) is 0 Å². The van der Waals surface area contributed by atoms with Gasteiger partial charge in [0.1, 0.15) is 13.2 Å². The Balaban J connectivity index is 0.000000233. The highest BCUT2D eigenvalue weighted by Gasteiger charge is 2.48. The Morgan fingerprint density at radius 3 is 1.88 bits per heavy atom. The highest BCUT2D eigenvalue weighted by molar-refractivity contribution is 7.86. The van der Waals surface area contributed by atoms with E-state index in [9.17, 15) is 13.5 Å². The number of fused-ring (bicyclic) bond motifs is 2. The number of aryl methyl sites for hydroxylation is 1. The van der Waals surface area contributed by atoms with E-state index in [1.165, 1.54) is 44.2 Å². The van der Waals surface area contributed by atoms with E-state index < -0.39 is 10.1 Å². The largest absolute Gasteiger partial charge is 0.396 e. The van der Waals surface area contributed by atoms with Gasteiger partial charge in [-0.25, -0.2) is 0 Å². The van der Waals surface area contributed by atoms with E-state index in [0.29, 0.717) is 36.4 Å². The van der Waals surface area contributed by atoms with Crippen molar-refractivity contribution >= 4 is 10.1 Å². The van der Waals surface area contributed by atoms with Gasteiger partial charge < -0.3 is 14.9 Å².